The van der Waals surface area contributed by atoms with Gasteiger partial charge in [0.25, 0.3) is 0 Å². The molecule has 0 spiro atoms. The van der Waals surface area contributed by atoms with E-state index in [1.165, 1.54) is 24.3 Å². The fraction of sp³-hybridized carbons (Fsp3) is 0.286. The van der Waals surface area contributed by atoms with E-state index in [1.54, 1.807) is 0 Å². The number of hydrogen-bond acceptors (Lipinski definition) is 6. The number of aliphatic hydroxyl groups is 1. The maximum absolute atomic E-state index is 13.8. The molecule has 3 aromatic rings. The van der Waals surface area contributed by atoms with Gasteiger partial charge in [-0.3, -0.25) is 4.79 Å². The molecule has 4 rings (SSSR count). The van der Waals surface area contributed by atoms with Crippen LogP contribution >= 0.6 is 28.3 Å². The maximum atomic E-state index is 13.8. The van der Waals surface area contributed by atoms with Crippen molar-refractivity contribution in [1.29, 1.82) is 0 Å². The van der Waals surface area contributed by atoms with E-state index >= 15 is 0 Å². The number of aliphatic hydroxyl groups excluding tert-OH is 1. The van der Waals surface area contributed by atoms with Gasteiger partial charge in [-0.1, -0.05) is 15.9 Å². The number of likely N-dealkylation sites (tertiary alicyclic amines) is 1. The Kier molecular flexibility index (Phi) is 6.43. The van der Waals surface area contributed by atoms with Gasteiger partial charge in [-0.2, -0.15) is 0 Å². The van der Waals surface area contributed by atoms with E-state index in [2.05, 4.69) is 15.9 Å². The standard InChI is InChI=1S/C21H19BrFNO5.ClH/c1-24-5-4-11(14(24)9-25)19-15(26)7-16(27)20-17(28)8-18(29-21(19)20)12-6-10(23)2-3-13(12)22;/h2-3,6-8,11,14,25-27H,4-5,9H2,1H3;1H. The number of hydrogen-bond donors (Lipinski definition) is 3. The summed E-state index contributed by atoms with van der Waals surface area (Å²) in [6.07, 6.45) is 0.632. The Hall–Kier alpha value is -2.13. The number of halogens is 3. The normalized spacial score (nSPS) is 19.2. The summed E-state index contributed by atoms with van der Waals surface area (Å²) >= 11 is 3.33. The van der Waals surface area contributed by atoms with E-state index in [9.17, 15) is 24.5 Å². The van der Waals surface area contributed by atoms with Crippen molar-refractivity contribution in [3.05, 3.63) is 56.4 Å². The van der Waals surface area contributed by atoms with E-state index in [1.807, 2.05) is 11.9 Å². The molecule has 9 heteroatoms. The molecule has 0 bridgehead atoms. The fourth-order valence-corrected chi connectivity index (χ4v) is 4.55. The molecule has 0 aliphatic carbocycles. The minimum Gasteiger partial charge on any atom is -0.507 e. The van der Waals surface area contributed by atoms with Gasteiger partial charge in [0.1, 0.15) is 34.0 Å². The van der Waals surface area contributed by atoms with Crippen molar-refractivity contribution in [3.8, 4) is 22.8 Å². The van der Waals surface area contributed by atoms with Crippen molar-refractivity contribution in [2.45, 2.75) is 18.4 Å². The lowest BCUT2D eigenvalue weighted by Gasteiger charge is -2.24. The van der Waals surface area contributed by atoms with Crippen molar-refractivity contribution < 1.29 is 24.1 Å². The molecule has 160 valence electrons. The highest BCUT2D eigenvalue weighted by Crippen LogP contribution is 2.44. The van der Waals surface area contributed by atoms with Gasteiger partial charge in [0.2, 0.25) is 0 Å². The Labute approximate surface area is 186 Å². The number of benzene rings is 2. The van der Waals surface area contributed by atoms with Crippen LogP contribution < -0.4 is 5.43 Å². The van der Waals surface area contributed by atoms with Gasteiger partial charge in [-0.25, -0.2) is 4.39 Å². The van der Waals surface area contributed by atoms with Gasteiger partial charge < -0.3 is 24.6 Å². The largest absolute Gasteiger partial charge is 0.507 e. The Morgan fingerprint density at radius 2 is 1.97 bits per heavy atom. The number of rotatable bonds is 3. The molecule has 30 heavy (non-hydrogen) atoms. The third-order valence-corrected chi connectivity index (χ3v) is 6.26. The Morgan fingerprint density at radius 3 is 2.67 bits per heavy atom. The quantitative estimate of drug-likeness (QED) is 0.504. The van der Waals surface area contributed by atoms with Crippen molar-refractivity contribution in [2.75, 3.05) is 20.2 Å². The van der Waals surface area contributed by atoms with Crippen molar-refractivity contribution in [2.24, 2.45) is 0 Å². The third-order valence-electron chi connectivity index (χ3n) is 5.57. The van der Waals surface area contributed by atoms with Crippen LogP contribution in [0.1, 0.15) is 17.9 Å². The highest BCUT2D eigenvalue weighted by atomic mass is 79.9. The predicted molar refractivity (Wildman–Crippen MR) is 117 cm³/mol. The summed E-state index contributed by atoms with van der Waals surface area (Å²) < 4.78 is 20.3. The zero-order valence-corrected chi connectivity index (χ0v) is 18.3. The minimum atomic E-state index is -0.511. The Bertz CT molecular complexity index is 1170. The van der Waals surface area contributed by atoms with Crippen LogP contribution in [-0.2, 0) is 0 Å². The molecule has 1 fully saturated rings. The van der Waals surface area contributed by atoms with Crippen molar-refractivity contribution in [3.63, 3.8) is 0 Å². The molecule has 1 aliphatic rings. The van der Waals surface area contributed by atoms with Crippen LogP contribution in [0, 0.1) is 5.82 Å². The number of aromatic hydroxyl groups is 2. The Morgan fingerprint density at radius 1 is 1.23 bits per heavy atom. The van der Waals surface area contributed by atoms with Crippen LogP contribution in [0.25, 0.3) is 22.3 Å². The van der Waals surface area contributed by atoms with Crippen LogP contribution in [0.3, 0.4) is 0 Å². The summed E-state index contributed by atoms with van der Waals surface area (Å²) in [5.74, 6) is -1.31. The molecule has 1 aliphatic heterocycles. The van der Waals surface area contributed by atoms with Crippen LogP contribution in [0.4, 0.5) is 4.39 Å². The Balaban J connectivity index is 0.00000256. The van der Waals surface area contributed by atoms with Gasteiger partial charge in [0.05, 0.1) is 6.61 Å². The predicted octanol–water partition coefficient (Wildman–Crippen LogP) is 3.97. The number of fused-ring (bicyclic) bond motifs is 1. The van der Waals surface area contributed by atoms with Crippen LogP contribution in [0.2, 0.25) is 0 Å². The topological polar surface area (TPSA) is 94.1 Å². The lowest BCUT2D eigenvalue weighted by atomic mass is 9.89. The zero-order valence-electron chi connectivity index (χ0n) is 15.9. The van der Waals surface area contributed by atoms with Gasteiger partial charge in [-0.15, -0.1) is 12.4 Å². The first-order chi connectivity index (χ1) is 13.8. The third kappa shape index (κ3) is 3.69. The second-order valence-corrected chi connectivity index (χ2v) is 8.11. The van der Waals surface area contributed by atoms with E-state index in [-0.39, 0.29) is 53.5 Å². The summed E-state index contributed by atoms with van der Waals surface area (Å²) in [4.78, 5) is 14.8. The molecular weight excluding hydrogens is 481 g/mol. The molecule has 1 saturated heterocycles. The molecule has 1 aromatic heterocycles. The molecule has 2 aromatic carbocycles. The number of likely N-dealkylation sites (N-methyl/N-ethyl adjacent to an activating group) is 1. The summed E-state index contributed by atoms with van der Waals surface area (Å²) in [6, 6.07) is 6.05. The monoisotopic (exact) mass is 499 g/mol. The SMILES string of the molecule is CN1CCC(c2c(O)cc(O)c3c(=O)cc(-c4cc(F)ccc4Br)oc23)C1CO.Cl. The second kappa shape index (κ2) is 8.55. The van der Waals surface area contributed by atoms with Gasteiger partial charge in [0, 0.05) is 39.7 Å². The smallest absolute Gasteiger partial charge is 0.197 e. The highest BCUT2D eigenvalue weighted by molar-refractivity contribution is 9.10. The fourth-order valence-electron chi connectivity index (χ4n) is 4.11. The van der Waals surface area contributed by atoms with Crippen LogP contribution in [-0.4, -0.2) is 46.5 Å². The second-order valence-electron chi connectivity index (χ2n) is 7.26. The van der Waals surface area contributed by atoms with Gasteiger partial charge in [0.15, 0.2) is 5.43 Å². The first-order valence-electron chi connectivity index (χ1n) is 9.11. The first-order valence-corrected chi connectivity index (χ1v) is 9.90. The highest BCUT2D eigenvalue weighted by Gasteiger charge is 2.36. The van der Waals surface area contributed by atoms with E-state index < -0.39 is 17.0 Å². The summed E-state index contributed by atoms with van der Waals surface area (Å²) in [5.41, 5.74) is 0.218. The lowest BCUT2D eigenvalue weighted by molar-refractivity contribution is 0.172. The minimum absolute atomic E-state index is 0. The molecule has 2 heterocycles. The molecule has 0 amide bonds. The summed E-state index contributed by atoms with van der Waals surface area (Å²) in [6.45, 7) is 0.555. The molecule has 2 atom stereocenters. The number of nitrogens with zero attached hydrogens (tertiary/aromatic N) is 1. The summed E-state index contributed by atoms with van der Waals surface area (Å²) in [5, 5.41) is 30.7. The van der Waals surface area contributed by atoms with Gasteiger partial charge in [-0.05, 0) is 38.2 Å². The molecule has 2 unspecified atom stereocenters. The average Bonchev–Trinajstić information content (AvgIpc) is 3.03. The van der Waals surface area contributed by atoms with Gasteiger partial charge >= 0.3 is 0 Å². The molecule has 3 N–H and O–H groups in total. The molecule has 0 saturated carbocycles. The van der Waals surface area contributed by atoms with E-state index in [4.69, 9.17) is 4.42 Å². The zero-order chi connectivity index (χ0) is 20.9. The number of phenols is 2. The van der Waals surface area contributed by atoms with E-state index in [0.29, 0.717) is 28.6 Å². The van der Waals surface area contributed by atoms with Crippen LogP contribution in [0.5, 0.6) is 11.5 Å². The van der Waals surface area contributed by atoms with E-state index in [0.717, 1.165) is 6.07 Å². The number of phenolic OH excluding ortho intramolecular Hbond substituents is 2. The average molecular weight is 501 g/mol. The first kappa shape index (κ1) is 22.6. The van der Waals surface area contributed by atoms with Crippen LogP contribution in [0.15, 0.2) is 44.0 Å². The molecular formula is C21H20BrClFNO5. The summed E-state index contributed by atoms with van der Waals surface area (Å²) in [7, 11) is 1.87. The maximum Gasteiger partial charge on any atom is 0.197 e. The lowest BCUT2D eigenvalue weighted by Crippen LogP contribution is -2.32. The molecule has 0 radical (unpaired) electrons. The van der Waals surface area contributed by atoms with Crippen molar-refractivity contribution >= 4 is 39.3 Å². The van der Waals surface area contributed by atoms with Crippen molar-refractivity contribution in [1.82, 2.24) is 4.90 Å². The molecule has 6 nitrogen and oxygen atoms in total.